The van der Waals surface area contributed by atoms with Crippen LogP contribution in [0.25, 0.3) is 0 Å². The van der Waals surface area contributed by atoms with E-state index in [-0.39, 0.29) is 11.8 Å². The first-order chi connectivity index (χ1) is 11.6. The molecule has 2 N–H and O–H groups in total. The molecule has 1 aliphatic carbocycles. The van der Waals surface area contributed by atoms with Crippen molar-refractivity contribution in [3.63, 3.8) is 0 Å². The van der Waals surface area contributed by atoms with Gasteiger partial charge in [0.25, 0.3) is 0 Å². The van der Waals surface area contributed by atoms with Gasteiger partial charge in [-0.2, -0.15) is 0 Å². The molecule has 130 valence electrons. The fourth-order valence-corrected chi connectivity index (χ4v) is 3.79. The molecule has 3 rings (SSSR count). The first kappa shape index (κ1) is 17.0. The van der Waals surface area contributed by atoms with Crippen molar-refractivity contribution in [2.75, 3.05) is 13.1 Å². The molecule has 1 aliphatic heterocycles. The topological polar surface area (TPSA) is 69.6 Å². The van der Waals surface area contributed by atoms with Crippen LogP contribution in [0.15, 0.2) is 30.3 Å². The summed E-state index contributed by atoms with van der Waals surface area (Å²) in [4.78, 5) is 26.7. The van der Waals surface area contributed by atoms with E-state index in [0.29, 0.717) is 25.9 Å². The van der Waals surface area contributed by atoms with Crippen LogP contribution in [0.2, 0.25) is 0 Å². The zero-order chi connectivity index (χ0) is 17.0. The summed E-state index contributed by atoms with van der Waals surface area (Å²) in [6.45, 7) is 0.928. The molecule has 0 spiro atoms. The number of benzene rings is 1. The Kier molecular flexibility index (Phi) is 5.19. The zero-order valence-corrected chi connectivity index (χ0v) is 14.0. The maximum absolute atomic E-state index is 12.5. The normalized spacial score (nSPS) is 22.5. The Morgan fingerprint density at radius 1 is 1.17 bits per heavy atom. The van der Waals surface area contributed by atoms with Gasteiger partial charge in [-0.25, -0.2) is 0 Å². The monoisotopic (exact) mass is 330 g/mol. The Labute approximate surface area is 143 Å². The highest BCUT2D eigenvalue weighted by Gasteiger charge is 2.36. The molecule has 2 aliphatic rings. The van der Waals surface area contributed by atoms with Crippen molar-refractivity contribution in [1.82, 2.24) is 10.2 Å². The van der Waals surface area contributed by atoms with Crippen LogP contribution in [-0.2, 0) is 16.0 Å². The summed E-state index contributed by atoms with van der Waals surface area (Å²) in [5.41, 5.74) is 0.210. The van der Waals surface area contributed by atoms with Crippen LogP contribution in [0.3, 0.4) is 0 Å². The van der Waals surface area contributed by atoms with E-state index in [0.717, 1.165) is 37.7 Å². The third-order valence-corrected chi connectivity index (χ3v) is 5.20. The van der Waals surface area contributed by atoms with Gasteiger partial charge >= 0.3 is 0 Å². The quantitative estimate of drug-likeness (QED) is 0.862. The van der Waals surface area contributed by atoms with Crippen LogP contribution in [0.5, 0.6) is 0 Å². The second kappa shape index (κ2) is 7.34. The number of aliphatic hydroxyl groups is 1. The van der Waals surface area contributed by atoms with E-state index in [1.165, 1.54) is 0 Å². The minimum Gasteiger partial charge on any atom is -0.388 e. The first-order valence-electron chi connectivity index (χ1n) is 8.91. The maximum Gasteiger partial charge on any atom is 0.242 e. The van der Waals surface area contributed by atoms with E-state index in [2.05, 4.69) is 5.32 Å². The molecule has 1 aromatic carbocycles. The van der Waals surface area contributed by atoms with Crippen molar-refractivity contribution in [1.29, 1.82) is 0 Å². The summed E-state index contributed by atoms with van der Waals surface area (Å²) >= 11 is 0. The number of amides is 2. The summed E-state index contributed by atoms with van der Waals surface area (Å²) in [6, 6.07) is 9.22. The molecule has 1 saturated heterocycles. The lowest BCUT2D eigenvalue weighted by molar-refractivity contribution is -0.138. The van der Waals surface area contributed by atoms with Crippen LogP contribution in [0.1, 0.15) is 44.1 Å². The standard InChI is InChI=1S/C19H26N2O3/c22-17(13-15-7-2-1-3-8-15)21-12-6-9-16(21)18(23)20-14-19(24)10-4-5-11-19/h1-3,7-8,16,24H,4-6,9-14H2,(H,20,23). The van der Waals surface area contributed by atoms with Crippen LogP contribution in [-0.4, -0.2) is 46.6 Å². The SMILES string of the molecule is O=C(NCC1(O)CCCC1)C1CCCN1C(=O)Cc1ccccc1. The molecule has 2 fully saturated rings. The van der Waals surface area contributed by atoms with Gasteiger partial charge in [-0.3, -0.25) is 9.59 Å². The summed E-state index contributed by atoms with van der Waals surface area (Å²) in [5.74, 6) is -0.132. The molecule has 1 heterocycles. The minimum atomic E-state index is -0.757. The molecule has 1 unspecified atom stereocenters. The fraction of sp³-hybridized carbons (Fsp3) is 0.579. The van der Waals surface area contributed by atoms with E-state index in [9.17, 15) is 14.7 Å². The Bertz CT molecular complexity index is 582. The number of carbonyl (C=O) groups excluding carboxylic acids is 2. The molecular weight excluding hydrogens is 304 g/mol. The molecule has 0 aromatic heterocycles. The fourth-order valence-electron chi connectivity index (χ4n) is 3.79. The lowest BCUT2D eigenvalue weighted by Gasteiger charge is -2.27. The number of carbonyl (C=O) groups is 2. The van der Waals surface area contributed by atoms with Gasteiger partial charge in [0.1, 0.15) is 6.04 Å². The number of nitrogens with one attached hydrogen (secondary N) is 1. The molecule has 1 saturated carbocycles. The second-order valence-electron chi connectivity index (χ2n) is 7.06. The van der Waals surface area contributed by atoms with Crippen LogP contribution >= 0.6 is 0 Å². The van der Waals surface area contributed by atoms with Gasteiger partial charge in [0, 0.05) is 13.1 Å². The van der Waals surface area contributed by atoms with Crippen molar-refractivity contribution in [3.05, 3.63) is 35.9 Å². The number of hydrogen-bond acceptors (Lipinski definition) is 3. The second-order valence-corrected chi connectivity index (χ2v) is 7.06. The number of rotatable bonds is 5. The lowest BCUT2D eigenvalue weighted by atomic mass is 10.0. The van der Waals surface area contributed by atoms with Crippen LogP contribution in [0.4, 0.5) is 0 Å². The Hall–Kier alpha value is -1.88. The average Bonchev–Trinajstić information content (AvgIpc) is 3.23. The molecule has 5 heteroatoms. The van der Waals surface area contributed by atoms with E-state index in [1.807, 2.05) is 30.3 Å². The van der Waals surface area contributed by atoms with Crippen LogP contribution < -0.4 is 5.32 Å². The van der Waals surface area contributed by atoms with E-state index >= 15 is 0 Å². The number of nitrogens with zero attached hydrogens (tertiary/aromatic N) is 1. The van der Waals surface area contributed by atoms with Gasteiger partial charge in [0.2, 0.25) is 11.8 Å². The smallest absolute Gasteiger partial charge is 0.242 e. The van der Waals surface area contributed by atoms with Crippen molar-refractivity contribution in [2.24, 2.45) is 0 Å². The predicted molar refractivity (Wildman–Crippen MR) is 91.3 cm³/mol. The van der Waals surface area contributed by atoms with Gasteiger partial charge < -0.3 is 15.3 Å². The van der Waals surface area contributed by atoms with Crippen molar-refractivity contribution in [3.8, 4) is 0 Å². The lowest BCUT2D eigenvalue weighted by Crippen LogP contribution is -2.50. The van der Waals surface area contributed by atoms with Crippen molar-refractivity contribution in [2.45, 2.75) is 56.6 Å². The highest BCUT2D eigenvalue weighted by atomic mass is 16.3. The summed E-state index contributed by atoms with van der Waals surface area (Å²) in [6.07, 6.45) is 5.39. The highest BCUT2D eigenvalue weighted by Crippen LogP contribution is 2.28. The molecule has 0 bridgehead atoms. The van der Waals surface area contributed by atoms with Gasteiger partial charge in [-0.15, -0.1) is 0 Å². The van der Waals surface area contributed by atoms with Crippen molar-refractivity contribution < 1.29 is 14.7 Å². The van der Waals surface area contributed by atoms with Gasteiger partial charge in [0.15, 0.2) is 0 Å². The molecule has 5 nitrogen and oxygen atoms in total. The predicted octanol–water partition coefficient (Wildman–Crippen LogP) is 1.64. The van der Waals surface area contributed by atoms with E-state index < -0.39 is 11.6 Å². The molecule has 24 heavy (non-hydrogen) atoms. The number of likely N-dealkylation sites (tertiary alicyclic amines) is 1. The number of hydrogen-bond donors (Lipinski definition) is 2. The molecule has 1 atom stereocenters. The van der Waals surface area contributed by atoms with Crippen LogP contribution in [0, 0.1) is 0 Å². The van der Waals surface area contributed by atoms with Gasteiger partial charge in [-0.1, -0.05) is 43.2 Å². The summed E-state index contributed by atoms with van der Waals surface area (Å²) in [7, 11) is 0. The zero-order valence-electron chi connectivity index (χ0n) is 14.0. The summed E-state index contributed by atoms with van der Waals surface area (Å²) < 4.78 is 0. The van der Waals surface area contributed by atoms with Crippen molar-refractivity contribution >= 4 is 11.8 Å². The average molecular weight is 330 g/mol. The molecule has 2 amide bonds. The highest BCUT2D eigenvalue weighted by molar-refractivity contribution is 5.89. The Morgan fingerprint density at radius 3 is 2.58 bits per heavy atom. The maximum atomic E-state index is 12.5. The first-order valence-corrected chi connectivity index (χ1v) is 8.91. The largest absolute Gasteiger partial charge is 0.388 e. The third kappa shape index (κ3) is 3.96. The third-order valence-electron chi connectivity index (χ3n) is 5.20. The Balaban J connectivity index is 1.56. The molecule has 1 aromatic rings. The molecular formula is C19H26N2O3. The van der Waals surface area contributed by atoms with Gasteiger partial charge in [-0.05, 0) is 31.2 Å². The molecule has 0 radical (unpaired) electrons. The van der Waals surface area contributed by atoms with Gasteiger partial charge in [0.05, 0.1) is 12.0 Å². The van der Waals surface area contributed by atoms with E-state index in [4.69, 9.17) is 0 Å². The Morgan fingerprint density at radius 2 is 1.88 bits per heavy atom. The van der Waals surface area contributed by atoms with E-state index in [1.54, 1.807) is 4.90 Å². The summed E-state index contributed by atoms with van der Waals surface area (Å²) in [5, 5.41) is 13.2. The minimum absolute atomic E-state index is 0.00146.